The van der Waals surface area contributed by atoms with Gasteiger partial charge in [0.15, 0.2) is 3.95 Å². The average molecular weight is 370 g/mol. The van der Waals surface area contributed by atoms with Gasteiger partial charge in [-0.3, -0.25) is 9.36 Å². The summed E-state index contributed by atoms with van der Waals surface area (Å²) >= 11 is 6.70. The first-order valence-electron chi connectivity index (χ1n) is 7.84. The first-order chi connectivity index (χ1) is 11.9. The maximum Gasteiger partial charge on any atom is 0.269 e. The summed E-state index contributed by atoms with van der Waals surface area (Å²) in [5.41, 5.74) is 11.1. The molecule has 0 aliphatic carbocycles. The molecule has 1 amide bonds. The van der Waals surface area contributed by atoms with E-state index in [4.69, 9.17) is 18.0 Å². The van der Waals surface area contributed by atoms with E-state index in [1.807, 2.05) is 63.2 Å². The lowest BCUT2D eigenvalue weighted by Crippen LogP contribution is -2.14. The molecule has 0 saturated heterocycles. The van der Waals surface area contributed by atoms with Crippen molar-refractivity contribution in [2.24, 2.45) is 0 Å². The third-order valence-corrected chi connectivity index (χ3v) is 5.44. The number of carbonyl (C=O) groups is 1. The number of aryl methyl sites for hydroxylation is 3. The van der Waals surface area contributed by atoms with Gasteiger partial charge in [0.2, 0.25) is 0 Å². The van der Waals surface area contributed by atoms with E-state index in [1.54, 1.807) is 4.57 Å². The van der Waals surface area contributed by atoms with Crippen LogP contribution in [0.2, 0.25) is 0 Å². The van der Waals surface area contributed by atoms with E-state index in [9.17, 15) is 4.79 Å². The van der Waals surface area contributed by atoms with Crippen LogP contribution in [0, 0.1) is 24.7 Å². The van der Waals surface area contributed by atoms with Crippen LogP contribution in [0.5, 0.6) is 0 Å². The fraction of sp³-hybridized carbons (Fsp3) is 0.158. The summed E-state index contributed by atoms with van der Waals surface area (Å²) < 4.78 is 2.33. The molecule has 2 aromatic carbocycles. The molecule has 0 bridgehead atoms. The lowest BCUT2D eigenvalue weighted by atomic mass is 10.1. The molecular weight excluding hydrogens is 350 g/mol. The van der Waals surface area contributed by atoms with Gasteiger partial charge in [0, 0.05) is 5.69 Å². The van der Waals surface area contributed by atoms with Crippen molar-refractivity contribution in [3.63, 3.8) is 0 Å². The van der Waals surface area contributed by atoms with Gasteiger partial charge in [-0.05, 0) is 61.8 Å². The van der Waals surface area contributed by atoms with E-state index in [2.05, 4.69) is 5.32 Å². The third-order valence-electron chi connectivity index (χ3n) is 4.05. The zero-order valence-electron chi connectivity index (χ0n) is 14.3. The molecule has 128 valence electrons. The minimum atomic E-state index is -0.244. The van der Waals surface area contributed by atoms with E-state index in [1.165, 1.54) is 11.3 Å². The molecule has 0 spiro atoms. The van der Waals surface area contributed by atoms with Gasteiger partial charge in [0.1, 0.15) is 10.7 Å². The Bertz CT molecular complexity index is 1020. The number of thiazole rings is 1. The molecule has 0 saturated carbocycles. The maximum atomic E-state index is 12.7. The molecule has 1 heterocycles. The normalized spacial score (nSPS) is 10.7. The van der Waals surface area contributed by atoms with Gasteiger partial charge in [-0.15, -0.1) is 0 Å². The summed E-state index contributed by atoms with van der Waals surface area (Å²) in [4.78, 5) is 13.1. The predicted octanol–water partition coefficient (Wildman–Crippen LogP) is 5.03. The summed E-state index contributed by atoms with van der Waals surface area (Å²) in [5, 5.41) is 2.92. The number of hydrogen-bond acceptors (Lipinski definition) is 4. The van der Waals surface area contributed by atoms with E-state index < -0.39 is 0 Å². The number of hydrogen-bond donors (Lipinski definition) is 2. The molecule has 0 aliphatic rings. The van der Waals surface area contributed by atoms with Crippen LogP contribution in [-0.2, 0) is 0 Å². The fourth-order valence-electron chi connectivity index (χ4n) is 2.63. The van der Waals surface area contributed by atoms with Crippen molar-refractivity contribution >= 4 is 41.0 Å². The Morgan fingerprint density at radius 3 is 2.56 bits per heavy atom. The van der Waals surface area contributed by atoms with E-state index in [0.29, 0.717) is 14.6 Å². The zero-order valence-corrected chi connectivity index (χ0v) is 15.9. The van der Waals surface area contributed by atoms with Crippen molar-refractivity contribution < 1.29 is 4.79 Å². The molecule has 0 atom stereocenters. The largest absolute Gasteiger partial charge is 0.383 e. The highest BCUT2D eigenvalue weighted by Gasteiger charge is 2.19. The quantitative estimate of drug-likeness (QED) is 0.637. The second kappa shape index (κ2) is 6.82. The molecule has 0 unspecified atom stereocenters. The van der Waals surface area contributed by atoms with Gasteiger partial charge >= 0.3 is 0 Å². The van der Waals surface area contributed by atoms with Gasteiger partial charge in [-0.25, -0.2) is 0 Å². The summed E-state index contributed by atoms with van der Waals surface area (Å²) in [6.07, 6.45) is 0. The average Bonchev–Trinajstić information content (AvgIpc) is 2.87. The molecule has 25 heavy (non-hydrogen) atoms. The topological polar surface area (TPSA) is 60.0 Å². The number of nitrogens with two attached hydrogens (primary N) is 1. The number of nitrogens with one attached hydrogen (secondary N) is 1. The predicted molar refractivity (Wildman–Crippen MR) is 107 cm³/mol. The Kier molecular flexibility index (Phi) is 4.74. The summed E-state index contributed by atoms with van der Waals surface area (Å²) in [6, 6.07) is 13.7. The number of para-hydroxylation sites is 1. The maximum absolute atomic E-state index is 12.7. The minimum Gasteiger partial charge on any atom is -0.383 e. The van der Waals surface area contributed by atoms with Crippen molar-refractivity contribution in [1.82, 2.24) is 4.57 Å². The van der Waals surface area contributed by atoms with Crippen molar-refractivity contribution in [3.8, 4) is 5.69 Å². The monoisotopic (exact) mass is 369 g/mol. The van der Waals surface area contributed by atoms with Crippen LogP contribution in [-0.4, -0.2) is 10.5 Å². The number of amides is 1. The van der Waals surface area contributed by atoms with Gasteiger partial charge in [0.25, 0.3) is 5.91 Å². The molecule has 0 radical (unpaired) electrons. The number of nitrogens with zero attached hydrogens (tertiary/aromatic N) is 1. The Labute approximate surface area is 155 Å². The smallest absolute Gasteiger partial charge is 0.269 e. The molecule has 4 nitrogen and oxygen atoms in total. The summed E-state index contributed by atoms with van der Waals surface area (Å²) in [6.45, 7) is 5.96. The Hall–Kier alpha value is -2.44. The molecule has 3 rings (SSSR count). The molecular formula is C19H19N3OS2. The SMILES string of the molecule is Cc1ccc(C)c(-n2c(N)c(C(=O)Nc3ccccc3C)sc2=S)c1. The number of carbonyl (C=O) groups excluding carboxylic acids is 1. The first kappa shape index (κ1) is 17.4. The Balaban J connectivity index is 2.03. The van der Waals surface area contributed by atoms with Gasteiger partial charge in [-0.2, -0.15) is 0 Å². The molecule has 6 heteroatoms. The van der Waals surface area contributed by atoms with Crippen LogP contribution in [0.4, 0.5) is 11.5 Å². The van der Waals surface area contributed by atoms with Crippen LogP contribution >= 0.6 is 23.6 Å². The fourth-order valence-corrected chi connectivity index (χ4v) is 3.88. The second-order valence-corrected chi connectivity index (χ2v) is 7.62. The molecule has 1 aromatic heterocycles. The molecule has 0 fully saturated rings. The van der Waals surface area contributed by atoms with Gasteiger partial charge in [-0.1, -0.05) is 41.7 Å². The first-order valence-corrected chi connectivity index (χ1v) is 9.07. The Morgan fingerprint density at radius 1 is 1.12 bits per heavy atom. The highest BCUT2D eigenvalue weighted by Crippen LogP contribution is 2.29. The van der Waals surface area contributed by atoms with E-state index in [0.717, 1.165) is 28.1 Å². The van der Waals surface area contributed by atoms with E-state index in [-0.39, 0.29) is 5.91 Å². The van der Waals surface area contributed by atoms with Crippen molar-refractivity contribution in [2.45, 2.75) is 20.8 Å². The number of aromatic nitrogens is 1. The van der Waals surface area contributed by atoms with Crippen LogP contribution < -0.4 is 11.1 Å². The number of rotatable bonds is 3. The van der Waals surface area contributed by atoms with Crippen LogP contribution in [0.25, 0.3) is 5.69 Å². The molecule has 3 N–H and O–H groups in total. The van der Waals surface area contributed by atoms with Crippen molar-refractivity contribution in [3.05, 3.63) is 68.0 Å². The number of anilines is 2. The van der Waals surface area contributed by atoms with Gasteiger partial charge in [0.05, 0.1) is 5.69 Å². The van der Waals surface area contributed by atoms with Gasteiger partial charge < -0.3 is 11.1 Å². The summed E-state index contributed by atoms with van der Waals surface area (Å²) in [5.74, 6) is 0.127. The second-order valence-electron chi connectivity index (χ2n) is 5.98. The standard InChI is InChI=1S/C19H19N3OS2/c1-11-8-9-13(3)15(10-11)22-17(20)16(25-19(22)24)18(23)21-14-7-5-4-6-12(14)2/h4-10H,20H2,1-3H3,(H,21,23). The van der Waals surface area contributed by atoms with Crippen LogP contribution in [0.3, 0.4) is 0 Å². The molecule has 3 aromatic rings. The van der Waals surface area contributed by atoms with Crippen LogP contribution in [0.1, 0.15) is 26.4 Å². The Morgan fingerprint density at radius 2 is 1.84 bits per heavy atom. The van der Waals surface area contributed by atoms with Crippen molar-refractivity contribution in [1.29, 1.82) is 0 Å². The zero-order chi connectivity index (χ0) is 18.1. The molecule has 0 aliphatic heterocycles. The third kappa shape index (κ3) is 3.36. The van der Waals surface area contributed by atoms with Crippen molar-refractivity contribution in [2.75, 3.05) is 11.1 Å². The van der Waals surface area contributed by atoms with Crippen LogP contribution in [0.15, 0.2) is 42.5 Å². The van der Waals surface area contributed by atoms with E-state index >= 15 is 0 Å². The highest BCUT2D eigenvalue weighted by molar-refractivity contribution is 7.73. The highest BCUT2D eigenvalue weighted by atomic mass is 32.1. The number of nitrogen functional groups attached to an aromatic ring is 1. The minimum absolute atomic E-state index is 0.244. The number of benzene rings is 2. The lowest BCUT2D eigenvalue weighted by Gasteiger charge is -2.11. The summed E-state index contributed by atoms with van der Waals surface area (Å²) in [7, 11) is 0. The lowest BCUT2D eigenvalue weighted by molar-refractivity contribution is 0.103.